The van der Waals surface area contributed by atoms with Gasteiger partial charge in [-0.05, 0) is 41.1 Å². The Balaban J connectivity index is 2.46. The van der Waals surface area contributed by atoms with Gasteiger partial charge in [-0.15, -0.1) is 0 Å². The number of nitro groups is 1. The molecule has 1 aromatic carbocycles. The Hall–Kier alpha value is -3.36. The monoisotopic (exact) mass is 332 g/mol. The molecule has 1 aromatic heterocycles. The maximum atomic E-state index is 11.9. The summed E-state index contributed by atoms with van der Waals surface area (Å²) in [5, 5.41) is 11.2. The Bertz CT molecular complexity index is 748. The molecule has 0 fully saturated rings. The Kier molecular flexibility index (Phi) is 5.15. The second kappa shape index (κ2) is 7.27. The zero-order valence-corrected chi connectivity index (χ0v) is 13.1. The van der Waals surface area contributed by atoms with Crippen LogP contribution in [-0.4, -0.2) is 29.7 Å². The molecule has 0 atom stereocenters. The van der Waals surface area contributed by atoms with Gasteiger partial charge in [-0.3, -0.25) is 4.90 Å². The highest BCUT2D eigenvalue weighted by Crippen LogP contribution is 2.38. The van der Waals surface area contributed by atoms with Crippen molar-refractivity contribution in [2.45, 2.75) is 6.92 Å². The quantitative estimate of drug-likeness (QED) is 0.507. The van der Waals surface area contributed by atoms with E-state index in [0.29, 0.717) is 11.4 Å². The van der Waals surface area contributed by atoms with Gasteiger partial charge in [-0.1, -0.05) is 0 Å². The lowest BCUT2D eigenvalue weighted by Crippen LogP contribution is -2.28. The van der Waals surface area contributed by atoms with Crippen LogP contribution in [0.25, 0.3) is 0 Å². The van der Waals surface area contributed by atoms with E-state index < -0.39 is 16.8 Å². The fourth-order valence-electron chi connectivity index (χ4n) is 1.93. The van der Waals surface area contributed by atoms with Gasteiger partial charge in [0.2, 0.25) is 0 Å². The number of nitrogen functional groups attached to an aromatic ring is 1. The third kappa shape index (κ3) is 3.69. The van der Waals surface area contributed by atoms with Crippen molar-refractivity contribution < 1.29 is 19.2 Å². The summed E-state index contributed by atoms with van der Waals surface area (Å²) in [7, 11) is 1.35. The zero-order chi connectivity index (χ0) is 17.7. The average Bonchev–Trinajstić information content (AvgIpc) is 2.56. The van der Waals surface area contributed by atoms with Crippen molar-refractivity contribution >= 4 is 23.3 Å². The number of carbonyl (C=O) groups excluding carboxylic acids is 1. The first-order valence-electron chi connectivity index (χ1n) is 7.01. The summed E-state index contributed by atoms with van der Waals surface area (Å²) in [6, 6.07) is 7.89. The van der Waals surface area contributed by atoms with Gasteiger partial charge >= 0.3 is 11.9 Å². The van der Waals surface area contributed by atoms with Crippen LogP contribution in [-0.2, 0) is 4.74 Å². The number of anilines is 2. The number of ether oxygens (including phenoxy) is 2. The molecule has 0 spiro atoms. The number of benzene rings is 1. The first kappa shape index (κ1) is 17.0. The van der Waals surface area contributed by atoms with Gasteiger partial charge in [0.15, 0.2) is 11.4 Å². The molecule has 9 heteroatoms. The van der Waals surface area contributed by atoms with E-state index in [4.69, 9.17) is 15.2 Å². The van der Waals surface area contributed by atoms with E-state index in [-0.39, 0.29) is 18.0 Å². The SMILES string of the molecule is CCOC(=O)N(C)c1c(Oc2ccc(N)cc2)ccnc1[N+](=O)[O-]. The van der Waals surface area contributed by atoms with E-state index in [9.17, 15) is 14.9 Å². The van der Waals surface area contributed by atoms with Crippen molar-refractivity contribution in [2.75, 3.05) is 24.3 Å². The number of rotatable bonds is 5. The number of aromatic nitrogens is 1. The fourth-order valence-corrected chi connectivity index (χ4v) is 1.93. The summed E-state index contributed by atoms with van der Waals surface area (Å²) in [5.41, 5.74) is 6.06. The summed E-state index contributed by atoms with van der Waals surface area (Å²) in [4.78, 5) is 27.2. The molecule has 0 bridgehead atoms. The number of hydrogen-bond donors (Lipinski definition) is 1. The van der Waals surface area contributed by atoms with Gasteiger partial charge < -0.3 is 25.3 Å². The molecular formula is C15H16N4O5. The first-order chi connectivity index (χ1) is 11.4. The molecule has 0 saturated carbocycles. The van der Waals surface area contributed by atoms with Crippen molar-refractivity contribution in [3.05, 3.63) is 46.6 Å². The van der Waals surface area contributed by atoms with Gasteiger partial charge in [0.1, 0.15) is 11.9 Å². The normalized spacial score (nSPS) is 10.1. The maximum absolute atomic E-state index is 11.9. The van der Waals surface area contributed by atoms with Crippen LogP contribution in [0.3, 0.4) is 0 Å². The molecule has 2 rings (SSSR count). The molecule has 2 aromatic rings. The second-order valence-corrected chi connectivity index (χ2v) is 4.67. The van der Waals surface area contributed by atoms with E-state index in [2.05, 4.69) is 4.98 Å². The van der Waals surface area contributed by atoms with Crippen LogP contribution in [0.4, 0.5) is 22.0 Å². The lowest BCUT2D eigenvalue weighted by Gasteiger charge is -2.19. The molecule has 0 radical (unpaired) electrons. The van der Waals surface area contributed by atoms with E-state index in [1.54, 1.807) is 31.2 Å². The van der Waals surface area contributed by atoms with Crippen LogP contribution in [0.1, 0.15) is 6.92 Å². The lowest BCUT2D eigenvalue weighted by atomic mass is 10.3. The minimum absolute atomic E-state index is 0.0945. The second-order valence-electron chi connectivity index (χ2n) is 4.67. The molecule has 0 aliphatic carbocycles. The summed E-state index contributed by atoms with van der Waals surface area (Å²) in [6.45, 7) is 1.76. The Morgan fingerprint density at radius 1 is 1.33 bits per heavy atom. The van der Waals surface area contributed by atoms with Gasteiger partial charge in [0.05, 0.1) is 6.61 Å². The molecule has 24 heavy (non-hydrogen) atoms. The predicted molar refractivity (Wildman–Crippen MR) is 87.2 cm³/mol. The molecule has 0 aliphatic rings. The molecule has 0 saturated heterocycles. The first-order valence-corrected chi connectivity index (χ1v) is 7.01. The summed E-state index contributed by atoms with van der Waals surface area (Å²) in [6.07, 6.45) is 0.475. The zero-order valence-electron chi connectivity index (χ0n) is 13.1. The lowest BCUT2D eigenvalue weighted by molar-refractivity contribution is -0.388. The standard InChI is InChI=1S/C15H16N4O5/c1-3-23-15(20)18(2)13-12(8-9-17-14(13)19(21)22)24-11-6-4-10(16)5-7-11/h4-9H,3,16H2,1-2H3. The summed E-state index contributed by atoms with van der Waals surface area (Å²) in [5.74, 6) is -0.0151. The highest BCUT2D eigenvalue weighted by Gasteiger charge is 2.28. The Labute approximate surface area is 137 Å². The van der Waals surface area contributed by atoms with Gasteiger partial charge in [0.25, 0.3) is 0 Å². The van der Waals surface area contributed by atoms with E-state index in [0.717, 1.165) is 4.90 Å². The number of amides is 1. The van der Waals surface area contributed by atoms with E-state index in [1.807, 2.05) is 0 Å². The van der Waals surface area contributed by atoms with Crippen LogP contribution in [0.5, 0.6) is 11.5 Å². The Morgan fingerprint density at radius 3 is 2.58 bits per heavy atom. The van der Waals surface area contributed by atoms with Crippen LogP contribution in [0, 0.1) is 10.1 Å². The largest absolute Gasteiger partial charge is 0.455 e. The topological polar surface area (TPSA) is 121 Å². The number of nitrogens with two attached hydrogens (primary N) is 1. The van der Waals surface area contributed by atoms with Crippen molar-refractivity contribution in [1.82, 2.24) is 4.98 Å². The number of pyridine rings is 1. The van der Waals surface area contributed by atoms with Crippen LogP contribution in [0.15, 0.2) is 36.5 Å². The average molecular weight is 332 g/mol. The van der Waals surface area contributed by atoms with Gasteiger partial charge in [-0.2, -0.15) is 0 Å². The molecule has 9 nitrogen and oxygen atoms in total. The van der Waals surface area contributed by atoms with Crippen molar-refractivity contribution in [3.63, 3.8) is 0 Å². The van der Waals surface area contributed by atoms with E-state index in [1.165, 1.54) is 19.3 Å². The molecule has 1 heterocycles. The summed E-state index contributed by atoms with van der Waals surface area (Å²) >= 11 is 0. The summed E-state index contributed by atoms with van der Waals surface area (Å²) < 4.78 is 10.5. The van der Waals surface area contributed by atoms with Crippen LogP contribution < -0.4 is 15.4 Å². The smallest absolute Gasteiger partial charge is 0.414 e. The third-order valence-electron chi connectivity index (χ3n) is 3.03. The predicted octanol–water partition coefficient (Wildman–Crippen LogP) is 2.96. The minimum atomic E-state index is -0.754. The molecule has 0 aliphatic heterocycles. The van der Waals surface area contributed by atoms with Crippen molar-refractivity contribution in [3.8, 4) is 11.5 Å². The molecular weight excluding hydrogens is 316 g/mol. The van der Waals surface area contributed by atoms with E-state index >= 15 is 0 Å². The number of nitrogens with zero attached hydrogens (tertiary/aromatic N) is 3. The molecule has 1 amide bonds. The van der Waals surface area contributed by atoms with Gasteiger partial charge in [-0.25, -0.2) is 4.79 Å². The maximum Gasteiger partial charge on any atom is 0.414 e. The molecule has 2 N–H and O–H groups in total. The van der Waals surface area contributed by atoms with Crippen molar-refractivity contribution in [1.29, 1.82) is 0 Å². The van der Waals surface area contributed by atoms with Gasteiger partial charge in [0, 0.05) is 18.8 Å². The highest BCUT2D eigenvalue weighted by atomic mass is 16.6. The van der Waals surface area contributed by atoms with Crippen LogP contribution >= 0.6 is 0 Å². The Morgan fingerprint density at radius 2 is 2.00 bits per heavy atom. The fraction of sp³-hybridized carbons (Fsp3) is 0.200. The molecule has 126 valence electrons. The minimum Gasteiger partial charge on any atom is -0.455 e. The highest BCUT2D eigenvalue weighted by molar-refractivity contribution is 5.92. The third-order valence-corrected chi connectivity index (χ3v) is 3.03. The van der Waals surface area contributed by atoms with Crippen LogP contribution in [0.2, 0.25) is 0 Å². The number of hydrogen-bond acceptors (Lipinski definition) is 7. The van der Waals surface area contributed by atoms with Crippen molar-refractivity contribution in [2.24, 2.45) is 0 Å². The number of carbonyl (C=O) groups is 1. The molecule has 0 unspecified atom stereocenters.